The van der Waals surface area contributed by atoms with Gasteiger partial charge in [0, 0.05) is 18.7 Å². The van der Waals surface area contributed by atoms with Crippen molar-refractivity contribution in [3.8, 4) is 0 Å². The molecule has 0 bridgehead atoms. The van der Waals surface area contributed by atoms with Crippen molar-refractivity contribution in [1.82, 2.24) is 4.90 Å². The first kappa shape index (κ1) is 21.2. The van der Waals surface area contributed by atoms with Gasteiger partial charge in [-0.1, -0.05) is 38.1 Å². The molecule has 31 heavy (non-hydrogen) atoms. The van der Waals surface area contributed by atoms with Crippen molar-refractivity contribution in [3.05, 3.63) is 76.6 Å². The zero-order valence-corrected chi connectivity index (χ0v) is 17.7. The molecule has 2 aromatic carbocycles. The van der Waals surface area contributed by atoms with E-state index < -0.39 is 23.5 Å². The van der Waals surface area contributed by atoms with E-state index in [2.05, 4.69) is 13.8 Å². The second kappa shape index (κ2) is 8.63. The van der Waals surface area contributed by atoms with E-state index in [0.29, 0.717) is 18.1 Å². The molecule has 1 N–H and O–H groups in total. The van der Waals surface area contributed by atoms with E-state index >= 15 is 0 Å². The summed E-state index contributed by atoms with van der Waals surface area (Å²) < 4.78 is 19.1. The van der Waals surface area contributed by atoms with Gasteiger partial charge >= 0.3 is 0 Å². The molecule has 2 heterocycles. The lowest BCUT2D eigenvalue weighted by molar-refractivity contribution is -0.140. The summed E-state index contributed by atoms with van der Waals surface area (Å²) in [5, 5.41) is 11.0. The van der Waals surface area contributed by atoms with Crippen molar-refractivity contribution in [2.45, 2.75) is 44.8 Å². The van der Waals surface area contributed by atoms with Crippen molar-refractivity contribution in [2.24, 2.45) is 0 Å². The summed E-state index contributed by atoms with van der Waals surface area (Å²) in [6, 6.07) is 12.2. The second-order valence-corrected chi connectivity index (χ2v) is 8.41. The van der Waals surface area contributed by atoms with E-state index in [1.54, 1.807) is 0 Å². The summed E-state index contributed by atoms with van der Waals surface area (Å²) in [6.07, 6.45) is 1.60. The number of rotatable bonds is 5. The maximum atomic E-state index is 13.4. The number of amides is 1. The third kappa shape index (κ3) is 4.12. The first-order chi connectivity index (χ1) is 14.9. The molecular weight excluding hydrogens is 397 g/mol. The molecule has 2 aromatic rings. The smallest absolute Gasteiger partial charge is 0.295 e. The third-order valence-electron chi connectivity index (χ3n) is 6.00. The molecule has 2 unspecified atom stereocenters. The standard InChI is InChI=1S/C25H26FNO4/c1-15(2)16-5-7-17(8-6-16)22-21(23(28)18-9-11-19(26)12-10-18)24(29)25(30)27(22)14-20-4-3-13-31-20/h5-12,15,20,22,28H,3-4,13-14H2,1-2H3/b23-21+. The minimum Gasteiger partial charge on any atom is -0.507 e. The van der Waals surface area contributed by atoms with Crippen molar-refractivity contribution >= 4 is 17.4 Å². The molecule has 2 saturated heterocycles. The summed E-state index contributed by atoms with van der Waals surface area (Å²) in [6.45, 7) is 5.10. The normalized spacial score (nSPS) is 23.2. The van der Waals surface area contributed by atoms with Crippen molar-refractivity contribution < 1.29 is 23.8 Å². The van der Waals surface area contributed by atoms with Crippen LogP contribution in [-0.4, -0.2) is 41.0 Å². The number of halogens is 1. The Morgan fingerprint density at radius 1 is 1.13 bits per heavy atom. The summed E-state index contributed by atoms with van der Waals surface area (Å²) in [7, 11) is 0. The number of Topliss-reactive ketones (excluding diaryl/α,β-unsaturated/α-hetero) is 1. The summed E-state index contributed by atoms with van der Waals surface area (Å²) in [5.41, 5.74) is 2.19. The van der Waals surface area contributed by atoms with Gasteiger partial charge < -0.3 is 14.7 Å². The van der Waals surface area contributed by atoms with E-state index in [1.807, 2.05) is 24.3 Å². The number of benzene rings is 2. The molecule has 2 atom stereocenters. The Kier molecular flexibility index (Phi) is 5.92. The predicted octanol–water partition coefficient (Wildman–Crippen LogP) is 4.55. The van der Waals surface area contributed by atoms with Gasteiger partial charge in [-0.25, -0.2) is 4.39 Å². The molecule has 5 nitrogen and oxygen atoms in total. The van der Waals surface area contributed by atoms with Crippen LogP contribution in [0.25, 0.3) is 5.76 Å². The van der Waals surface area contributed by atoms with Gasteiger partial charge in [-0.05, 0) is 54.2 Å². The number of nitrogens with zero attached hydrogens (tertiary/aromatic N) is 1. The second-order valence-electron chi connectivity index (χ2n) is 8.41. The maximum absolute atomic E-state index is 13.4. The van der Waals surface area contributed by atoms with E-state index in [0.717, 1.165) is 24.0 Å². The lowest BCUT2D eigenvalue weighted by Gasteiger charge is -2.27. The molecule has 0 aromatic heterocycles. The van der Waals surface area contributed by atoms with Gasteiger partial charge in [-0.2, -0.15) is 0 Å². The highest BCUT2D eigenvalue weighted by molar-refractivity contribution is 6.46. The zero-order valence-electron chi connectivity index (χ0n) is 17.7. The first-order valence-electron chi connectivity index (χ1n) is 10.6. The number of carbonyl (C=O) groups excluding carboxylic acids is 2. The number of hydrogen-bond donors (Lipinski definition) is 1. The maximum Gasteiger partial charge on any atom is 0.295 e. The number of ether oxygens (including phenoxy) is 1. The van der Waals surface area contributed by atoms with Gasteiger partial charge in [0.25, 0.3) is 11.7 Å². The zero-order chi connectivity index (χ0) is 22.1. The summed E-state index contributed by atoms with van der Waals surface area (Å²) >= 11 is 0. The van der Waals surface area contributed by atoms with E-state index in [1.165, 1.54) is 29.2 Å². The largest absolute Gasteiger partial charge is 0.507 e. The first-order valence-corrected chi connectivity index (χ1v) is 10.6. The average Bonchev–Trinajstić information content (AvgIpc) is 3.36. The van der Waals surface area contributed by atoms with E-state index in [-0.39, 0.29) is 24.0 Å². The Morgan fingerprint density at radius 3 is 2.39 bits per heavy atom. The molecule has 0 aliphatic carbocycles. The fourth-order valence-electron chi connectivity index (χ4n) is 4.25. The van der Waals surface area contributed by atoms with Crippen molar-refractivity contribution in [1.29, 1.82) is 0 Å². The fraction of sp³-hybridized carbons (Fsp3) is 0.360. The molecule has 162 valence electrons. The van der Waals surface area contributed by atoms with Crippen LogP contribution in [0.5, 0.6) is 0 Å². The quantitative estimate of drug-likeness (QED) is 0.435. The van der Waals surface area contributed by atoms with Crippen molar-refractivity contribution in [3.63, 3.8) is 0 Å². The van der Waals surface area contributed by atoms with Crippen LogP contribution in [0, 0.1) is 5.82 Å². The molecule has 4 rings (SSSR count). The molecule has 0 radical (unpaired) electrons. The van der Waals surface area contributed by atoms with Crippen LogP contribution in [0.1, 0.15) is 55.3 Å². The molecule has 1 amide bonds. The number of ketones is 1. The van der Waals surface area contributed by atoms with Gasteiger partial charge in [-0.15, -0.1) is 0 Å². The minimum atomic E-state index is -0.738. The van der Waals surface area contributed by atoms with E-state index in [4.69, 9.17) is 4.74 Å². The SMILES string of the molecule is CC(C)c1ccc(C2/C(=C(\O)c3ccc(F)cc3)C(=O)C(=O)N2CC2CCCO2)cc1. The Morgan fingerprint density at radius 2 is 1.81 bits per heavy atom. The molecule has 2 aliphatic heterocycles. The van der Waals surface area contributed by atoms with Crippen LogP contribution < -0.4 is 0 Å². The molecule has 2 fully saturated rings. The van der Waals surface area contributed by atoms with Gasteiger partial charge in [0.2, 0.25) is 0 Å². The molecule has 0 saturated carbocycles. The summed E-state index contributed by atoms with van der Waals surface area (Å²) in [5.74, 6) is -1.80. The molecule has 0 spiro atoms. The van der Waals surface area contributed by atoms with Crippen LogP contribution in [0.2, 0.25) is 0 Å². The van der Waals surface area contributed by atoms with Gasteiger partial charge in [0.05, 0.1) is 17.7 Å². The topological polar surface area (TPSA) is 66.8 Å². The Bertz CT molecular complexity index is 1000. The van der Waals surface area contributed by atoms with E-state index in [9.17, 15) is 19.1 Å². The monoisotopic (exact) mass is 423 g/mol. The average molecular weight is 423 g/mol. The number of likely N-dealkylation sites (tertiary alicyclic amines) is 1. The number of hydrogen-bond acceptors (Lipinski definition) is 4. The predicted molar refractivity (Wildman–Crippen MR) is 115 cm³/mol. The van der Waals surface area contributed by atoms with Gasteiger partial charge in [0.15, 0.2) is 0 Å². The van der Waals surface area contributed by atoms with Crippen molar-refractivity contribution in [2.75, 3.05) is 13.2 Å². The Balaban J connectivity index is 1.80. The molecule has 2 aliphatic rings. The Hall–Kier alpha value is -2.99. The van der Waals surface area contributed by atoms with Gasteiger partial charge in [0.1, 0.15) is 11.6 Å². The Labute approximate surface area is 181 Å². The lowest BCUT2D eigenvalue weighted by Crippen LogP contribution is -2.36. The highest BCUT2D eigenvalue weighted by atomic mass is 19.1. The lowest BCUT2D eigenvalue weighted by atomic mass is 9.93. The van der Waals surface area contributed by atoms with Gasteiger partial charge in [-0.3, -0.25) is 9.59 Å². The van der Waals surface area contributed by atoms with Crippen LogP contribution in [0.15, 0.2) is 54.1 Å². The highest BCUT2D eigenvalue weighted by Crippen LogP contribution is 2.40. The fourth-order valence-corrected chi connectivity index (χ4v) is 4.25. The highest BCUT2D eigenvalue weighted by Gasteiger charge is 2.47. The number of aliphatic hydroxyl groups is 1. The molecular formula is C25H26FNO4. The summed E-state index contributed by atoms with van der Waals surface area (Å²) in [4.78, 5) is 27.5. The number of carbonyl (C=O) groups is 2. The van der Waals surface area contributed by atoms with Crippen LogP contribution in [0.3, 0.4) is 0 Å². The van der Waals surface area contributed by atoms with Crippen LogP contribution in [0.4, 0.5) is 4.39 Å². The third-order valence-corrected chi connectivity index (χ3v) is 6.00. The van der Waals surface area contributed by atoms with Crippen LogP contribution in [-0.2, 0) is 14.3 Å². The molecule has 6 heteroatoms. The minimum absolute atomic E-state index is 0.0203. The number of aliphatic hydroxyl groups excluding tert-OH is 1. The van der Waals surface area contributed by atoms with Crippen LogP contribution >= 0.6 is 0 Å².